The van der Waals surface area contributed by atoms with E-state index in [0.717, 1.165) is 21.2 Å². The summed E-state index contributed by atoms with van der Waals surface area (Å²) >= 11 is 3.28. The van der Waals surface area contributed by atoms with Crippen LogP contribution in [0.1, 0.15) is 32.0 Å². The molecule has 0 aliphatic heterocycles. The van der Waals surface area contributed by atoms with Crippen LogP contribution in [0.3, 0.4) is 0 Å². The molecule has 0 saturated heterocycles. The van der Waals surface area contributed by atoms with Gasteiger partial charge in [0.2, 0.25) is 0 Å². The number of benzene rings is 2. The van der Waals surface area contributed by atoms with Crippen LogP contribution in [0.2, 0.25) is 0 Å². The maximum Gasteiger partial charge on any atom is 0.286 e. The lowest BCUT2D eigenvalue weighted by Crippen LogP contribution is -2.41. The molecule has 0 saturated carbocycles. The molecule has 0 atom stereocenters. The minimum absolute atomic E-state index is 0.325. The van der Waals surface area contributed by atoms with Gasteiger partial charge in [-0.05, 0) is 34.5 Å². The number of rotatable bonds is 5. The molecule has 0 bridgehead atoms. The first-order valence-corrected chi connectivity index (χ1v) is 10.4. The van der Waals surface area contributed by atoms with E-state index in [-0.39, 0.29) is 0 Å². The summed E-state index contributed by atoms with van der Waals surface area (Å²) in [7, 11) is 0. The Balaban J connectivity index is 1.58. The zero-order valence-corrected chi connectivity index (χ0v) is 18.3. The van der Waals surface area contributed by atoms with E-state index in [9.17, 15) is 9.59 Å². The first kappa shape index (κ1) is 20.6. The summed E-state index contributed by atoms with van der Waals surface area (Å²) in [4.78, 5) is 28.0. The molecule has 7 nitrogen and oxygen atoms in total. The molecular formula is C23H20BrN5O2. The Morgan fingerprint density at radius 2 is 1.74 bits per heavy atom. The number of carbonyl (C=O) groups is 2. The average Bonchev–Trinajstić information content (AvgIpc) is 3.40. The summed E-state index contributed by atoms with van der Waals surface area (Å²) in [6.07, 6.45) is 3.33. The molecule has 2 heterocycles. The number of nitrogens with one attached hydrogen (secondary N) is 3. The molecule has 0 spiro atoms. The maximum atomic E-state index is 12.9. The predicted molar refractivity (Wildman–Crippen MR) is 121 cm³/mol. The van der Waals surface area contributed by atoms with Crippen LogP contribution in [-0.2, 0) is 6.54 Å². The third kappa shape index (κ3) is 4.92. The average molecular weight is 478 g/mol. The van der Waals surface area contributed by atoms with E-state index in [1.54, 1.807) is 23.1 Å². The van der Waals surface area contributed by atoms with Crippen molar-refractivity contribution < 1.29 is 9.59 Å². The molecule has 4 aromatic rings. The van der Waals surface area contributed by atoms with Crippen LogP contribution in [0, 0.1) is 6.92 Å². The number of carbonyl (C=O) groups excluding carboxylic acids is 2. The number of H-pyrrole nitrogens is 1. The van der Waals surface area contributed by atoms with E-state index in [4.69, 9.17) is 0 Å². The highest BCUT2D eigenvalue weighted by molar-refractivity contribution is 9.10. The summed E-state index contributed by atoms with van der Waals surface area (Å²) < 4.78 is 2.47. The van der Waals surface area contributed by atoms with Gasteiger partial charge in [0.15, 0.2) is 0 Å². The molecule has 2 aromatic carbocycles. The fourth-order valence-electron chi connectivity index (χ4n) is 3.11. The van der Waals surface area contributed by atoms with Gasteiger partial charge in [-0.15, -0.1) is 0 Å². The molecule has 2 aromatic heterocycles. The first-order valence-electron chi connectivity index (χ1n) is 9.62. The van der Waals surface area contributed by atoms with Gasteiger partial charge in [0.25, 0.3) is 11.8 Å². The molecule has 0 radical (unpaired) electrons. The van der Waals surface area contributed by atoms with Crippen LogP contribution in [-0.4, -0.2) is 26.6 Å². The van der Waals surface area contributed by atoms with Crippen molar-refractivity contribution in [1.29, 1.82) is 0 Å². The van der Waals surface area contributed by atoms with Gasteiger partial charge in [-0.3, -0.25) is 25.1 Å². The smallest absolute Gasteiger partial charge is 0.286 e. The molecule has 0 aliphatic carbocycles. The van der Waals surface area contributed by atoms with Crippen LogP contribution in [0.4, 0.5) is 0 Å². The van der Waals surface area contributed by atoms with Gasteiger partial charge in [0.1, 0.15) is 11.4 Å². The number of aromatic nitrogens is 3. The minimum Gasteiger partial charge on any atom is -0.356 e. The van der Waals surface area contributed by atoms with Crippen LogP contribution in [0.15, 0.2) is 77.5 Å². The van der Waals surface area contributed by atoms with E-state index in [1.807, 2.05) is 61.5 Å². The number of halogens is 1. The number of aromatic amines is 1. The van der Waals surface area contributed by atoms with Crippen molar-refractivity contribution in [3.05, 3.63) is 99.9 Å². The molecule has 2 amide bonds. The third-order valence-corrected chi connectivity index (χ3v) is 5.16. The molecule has 0 aliphatic rings. The molecular weight excluding hydrogens is 458 g/mol. The Morgan fingerprint density at radius 1 is 1.03 bits per heavy atom. The fraction of sp³-hybridized carbons (Fsp3) is 0.0870. The largest absolute Gasteiger partial charge is 0.356 e. The SMILES string of the molecule is Cc1ccc(-c2nn(Cc3ccccc3)cc2C(=O)NNC(=O)c2cc(Br)c[nH]2)cc1. The normalized spacial score (nSPS) is 10.6. The zero-order valence-electron chi connectivity index (χ0n) is 16.7. The zero-order chi connectivity index (χ0) is 21.8. The predicted octanol–water partition coefficient (Wildman–Crippen LogP) is 4.07. The van der Waals surface area contributed by atoms with Gasteiger partial charge in [0.05, 0.1) is 12.1 Å². The van der Waals surface area contributed by atoms with Crippen molar-refractivity contribution in [3.8, 4) is 11.3 Å². The monoisotopic (exact) mass is 477 g/mol. The molecule has 8 heteroatoms. The minimum atomic E-state index is -0.451. The number of aryl methyl sites for hydroxylation is 1. The lowest BCUT2D eigenvalue weighted by molar-refractivity contribution is 0.0844. The van der Waals surface area contributed by atoms with Gasteiger partial charge in [-0.2, -0.15) is 5.10 Å². The van der Waals surface area contributed by atoms with Crippen LogP contribution in [0.5, 0.6) is 0 Å². The molecule has 0 fully saturated rings. The van der Waals surface area contributed by atoms with Crippen LogP contribution >= 0.6 is 15.9 Å². The van der Waals surface area contributed by atoms with Gasteiger partial charge in [-0.1, -0.05) is 60.2 Å². The van der Waals surface area contributed by atoms with Crippen molar-refractivity contribution in [2.24, 2.45) is 0 Å². The molecule has 156 valence electrons. The van der Waals surface area contributed by atoms with Gasteiger partial charge in [0, 0.05) is 22.4 Å². The second-order valence-electron chi connectivity index (χ2n) is 7.08. The number of hydrogen-bond acceptors (Lipinski definition) is 3. The number of hydrazine groups is 1. The third-order valence-electron chi connectivity index (χ3n) is 4.70. The Morgan fingerprint density at radius 3 is 2.42 bits per heavy atom. The summed E-state index contributed by atoms with van der Waals surface area (Å²) in [6.45, 7) is 2.52. The topological polar surface area (TPSA) is 91.8 Å². The van der Waals surface area contributed by atoms with E-state index >= 15 is 0 Å². The summed E-state index contributed by atoms with van der Waals surface area (Å²) in [5, 5.41) is 4.65. The molecule has 3 N–H and O–H groups in total. The van der Waals surface area contributed by atoms with Crippen LogP contribution in [0.25, 0.3) is 11.3 Å². The van der Waals surface area contributed by atoms with Gasteiger partial charge >= 0.3 is 0 Å². The second-order valence-corrected chi connectivity index (χ2v) is 8.00. The highest BCUT2D eigenvalue weighted by Crippen LogP contribution is 2.23. The van der Waals surface area contributed by atoms with Crippen molar-refractivity contribution in [1.82, 2.24) is 25.6 Å². The van der Waals surface area contributed by atoms with Crippen molar-refractivity contribution in [3.63, 3.8) is 0 Å². The lowest BCUT2D eigenvalue weighted by atomic mass is 10.1. The number of amides is 2. The number of nitrogens with zero attached hydrogens (tertiary/aromatic N) is 2. The number of hydrogen-bond donors (Lipinski definition) is 3. The Hall–Kier alpha value is -3.65. The lowest BCUT2D eigenvalue weighted by Gasteiger charge is -2.06. The van der Waals surface area contributed by atoms with Crippen molar-refractivity contribution in [2.45, 2.75) is 13.5 Å². The van der Waals surface area contributed by atoms with Crippen LogP contribution < -0.4 is 10.9 Å². The summed E-state index contributed by atoms with van der Waals surface area (Å²) in [5.74, 6) is -0.901. The second kappa shape index (κ2) is 9.01. The van der Waals surface area contributed by atoms with E-state index in [2.05, 4.69) is 36.9 Å². The summed E-state index contributed by atoms with van der Waals surface area (Å²) in [6, 6.07) is 19.3. The van der Waals surface area contributed by atoms with Crippen molar-refractivity contribution >= 4 is 27.7 Å². The Bertz CT molecular complexity index is 1210. The van der Waals surface area contributed by atoms with E-state index < -0.39 is 11.8 Å². The highest BCUT2D eigenvalue weighted by atomic mass is 79.9. The maximum absolute atomic E-state index is 12.9. The van der Waals surface area contributed by atoms with Gasteiger partial charge < -0.3 is 4.98 Å². The van der Waals surface area contributed by atoms with E-state index in [0.29, 0.717) is 23.5 Å². The first-order chi connectivity index (χ1) is 15.0. The quantitative estimate of drug-likeness (QED) is 0.378. The standard InChI is InChI=1S/C23H20BrN5O2/c1-15-7-9-17(10-8-15)21-19(14-29(28-21)13-16-5-3-2-4-6-16)22(30)26-27-23(31)20-11-18(24)12-25-20/h2-12,14,25H,13H2,1H3,(H,26,30)(H,27,31). The Labute approximate surface area is 187 Å². The molecule has 4 rings (SSSR count). The molecule has 31 heavy (non-hydrogen) atoms. The molecule has 0 unspecified atom stereocenters. The van der Waals surface area contributed by atoms with Crippen molar-refractivity contribution in [2.75, 3.05) is 0 Å². The summed E-state index contributed by atoms with van der Waals surface area (Å²) in [5.41, 5.74) is 9.15. The van der Waals surface area contributed by atoms with E-state index in [1.165, 1.54) is 0 Å². The highest BCUT2D eigenvalue weighted by Gasteiger charge is 2.19. The fourth-order valence-corrected chi connectivity index (χ4v) is 3.45. The van der Waals surface area contributed by atoms with Gasteiger partial charge in [-0.25, -0.2) is 0 Å². The Kier molecular flexibility index (Phi) is 5.99.